The average Bonchev–Trinajstić information content (AvgIpc) is 2.89. The summed E-state index contributed by atoms with van der Waals surface area (Å²) in [7, 11) is -3.96. The van der Waals surface area contributed by atoms with E-state index in [4.69, 9.17) is 0 Å². The average molecular weight is 316 g/mol. The van der Waals surface area contributed by atoms with Crippen LogP contribution in [-0.2, 0) is 16.6 Å². The number of rotatable bonds is 6. The topological polar surface area (TPSA) is 86.9 Å². The van der Waals surface area contributed by atoms with Crippen molar-refractivity contribution < 1.29 is 17.2 Å². The molecule has 0 saturated heterocycles. The molecule has 1 heterocycles. The van der Waals surface area contributed by atoms with Gasteiger partial charge in [0.2, 0.25) is 0 Å². The Morgan fingerprint density at radius 1 is 1.29 bits per heavy atom. The minimum atomic E-state index is -3.96. The molecule has 0 spiro atoms. The maximum absolute atomic E-state index is 13.1. The van der Waals surface area contributed by atoms with Gasteiger partial charge in [0.05, 0.1) is 11.9 Å². The van der Waals surface area contributed by atoms with Gasteiger partial charge in [-0.3, -0.25) is 9.82 Å². The number of aromatic nitrogens is 2. The first kappa shape index (κ1) is 15.4. The lowest BCUT2D eigenvalue weighted by atomic mass is 10.3. The van der Waals surface area contributed by atoms with Crippen molar-refractivity contribution in [2.24, 2.45) is 0 Å². The van der Waals surface area contributed by atoms with Crippen LogP contribution in [0.3, 0.4) is 0 Å². The lowest BCUT2D eigenvalue weighted by molar-refractivity contribution is 0.509. The summed E-state index contributed by atoms with van der Waals surface area (Å²) < 4.78 is 52.5. The summed E-state index contributed by atoms with van der Waals surface area (Å²) in [4.78, 5) is 0. The van der Waals surface area contributed by atoms with Crippen LogP contribution >= 0.6 is 0 Å². The highest BCUT2D eigenvalue weighted by Crippen LogP contribution is 2.19. The quantitative estimate of drug-likeness (QED) is 0.755. The standard InChI is InChI=1S/C12H14F2N4O2S/c1-2-15-6-8-7-16-17-12(8)21(19,20)18-9-3-4-10(13)11(14)5-9/h3-5,7,15,18H,2,6H2,1H3,(H,16,17). The molecule has 0 bridgehead atoms. The van der Waals surface area contributed by atoms with Crippen molar-refractivity contribution in [3.63, 3.8) is 0 Å². The van der Waals surface area contributed by atoms with Crippen LogP contribution in [0.15, 0.2) is 29.4 Å². The molecule has 114 valence electrons. The molecule has 0 unspecified atom stereocenters. The maximum Gasteiger partial charge on any atom is 0.279 e. The van der Waals surface area contributed by atoms with Crippen molar-refractivity contribution >= 4 is 15.7 Å². The minimum absolute atomic E-state index is 0.0714. The fourth-order valence-electron chi connectivity index (χ4n) is 1.68. The van der Waals surface area contributed by atoms with Crippen molar-refractivity contribution in [2.75, 3.05) is 11.3 Å². The van der Waals surface area contributed by atoms with Crippen molar-refractivity contribution in [3.05, 3.63) is 41.6 Å². The van der Waals surface area contributed by atoms with Crippen LogP contribution in [0.4, 0.5) is 14.5 Å². The largest absolute Gasteiger partial charge is 0.313 e. The first-order chi connectivity index (χ1) is 9.94. The van der Waals surface area contributed by atoms with E-state index >= 15 is 0 Å². The zero-order chi connectivity index (χ0) is 15.5. The molecule has 1 aromatic carbocycles. The fraction of sp³-hybridized carbons (Fsp3) is 0.250. The molecule has 3 N–H and O–H groups in total. The second kappa shape index (κ2) is 6.19. The van der Waals surface area contributed by atoms with E-state index in [0.717, 1.165) is 18.2 Å². The number of hydrogen-bond acceptors (Lipinski definition) is 4. The van der Waals surface area contributed by atoms with Gasteiger partial charge in [0, 0.05) is 18.2 Å². The zero-order valence-electron chi connectivity index (χ0n) is 11.2. The van der Waals surface area contributed by atoms with Crippen molar-refractivity contribution in [1.29, 1.82) is 0 Å². The molecule has 2 rings (SSSR count). The lowest BCUT2D eigenvalue weighted by Gasteiger charge is -2.08. The third kappa shape index (κ3) is 3.56. The van der Waals surface area contributed by atoms with Gasteiger partial charge >= 0.3 is 0 Å². The molecule has 21 heavy (non-hydrogen) atoms. The molecule has 0 aliphatic heterocycles. The van der Waals surface area contributed by atoms with E-state index in [-0.39, 0.29) is 10.7 Å². The monoisotopic (exact) mass is 316 g/mol. The number of sulfonamides is 1. The Balaban J connectivity index is 2.26. The number of benzene rings is 1. The lowest BCUT2D eigenvalue weighted by Crippen LogP contribution is -2.18. The minimum Gasteiger partial charge on any atom is -0.313 e. The van der Waals surface area contributed by atoms with Crippen LogP contribution in [-0.4, -0.2) is 25.2 Å². The van der Waals surface area contributed by atoms with Crippen LogP contribution in [0, 0.1) is 11.6 Å². The van der Waals surface area contributed by atoms with Gasteiger partial charge in [-0.1, -0.05) is 6.92 Å². The summed E-state index contributed by atoms with van der Waals surface area (Å²) in [6, 6.07) is 2.75. The number of aromatic amines is 1. The van der Waals surface area contributed by atoms with Gasteiger partial charge in [-0.15, -0.1) is 0 Å². The second-order valence-electron chi connectivity index (χ2n) is 4.24. The Morgan fingerprint density at radius 3 is 2.71 bits per heavy atom. The third-order valence-corrected chi connectivity index (χ3v) is 4.08. The number of anilines is 1. The molecule has 0 amide bonds. The summed E-state index contributed by atoms with van der Waals surface area (Å²) in [6.07, 6.45) is 1.39. The molecule has 9 heteroatoms. The van der Waals surface area contributed by atoms with E-state index in [0.29, 0.717) is 18.7 Å². The van der Waals surface area contributed by atoms with Gasteiger partial charge in [0.1, 0.15) is 0 Å². The molecule has 2 aromatic rings. The second-order valence-corrected chi connectivity index (χ2v) is 5.86. The highest BCUT2D eigenvalue weighted by Gasteiger charge is 2.21. The summed E-state index contributed by atoms with van der Waals surface area (Å²) in [6.45, 7) is 2.87. The van der Waals surface area contributed by atoms with Crippen molar-refractivity contribution in [1.82, 2.24) is 15.5 Å². The smallest absolute Gasteiger partial charge is 0.279 e. The van der Waals surface area contributed by atoms with E-state index in [1.54, 1.807) is 0 Å². The first-order valence-corrected chi connectivity index (χ1v) is 7.63. The first-order valence-electron chi connectivity index (χ1n) is 6.15. The number of nitrogens with zero attached hydrogens (tertiary/aromatic N) is 1. The van der Waals surface area contributed by atoms with E-state index < -0.39 is 21.7 Å². The fourth-order valence-corrected chi connectivity index (χ4v) is 2.87. The molecule has 0 fully saturated rings. The van der Waals surface area contributed by atoms with Crippen LogP contribution in [0.2, 0.25) is 0 Å². The highest BCUT2D eigenvalue weighted by atomic mass is 32.2. The predicted molar refractivity (Wildman–Crippen MR) is 73.1 cm³/mol. The Morgan fingerprint density at radius 2 is 2.05 bits per heavy atom. The predicted octanol–water partition coefficient (Wildman–Crippen LogP) is 1.60. The van der Waals surface area contributed by atoms with E-state index in [9.17, 15) is 17.2 Å². The van der Waals surface area contributed by atoms with Crippen LogP contribution in [0.1, 0.15) is 12.5 Å². The normalized spacial score (nSPS) is 11.6. The van der Waals surface area contributed by atoms with E-state index in [1.807, 2.05) is 6.92 Å². The number of H-pyrrole nitrogens is 1. The summed E-state index contributed by atoms with van der Waals surface area (Å²) in [5, 5.41) is 8.95. The van der Waals surface area contributed by atoms with E-state index in [1.165, 1.54) is 6.20 Å². The third-order valence-electron chi connectivity index (χ3n) is 2.68. The van der Waals surface area contributed by atoms with Gasteiger partial charge in [-0.05, 0) is 18.7 Å². The molecule has 0 aliphatic rings. The van der Waals surface area contributed by atoms with Crippen LogP contribution in [0.25, 0.3) is 0 Å². The summed E-state index contributed by atoms with van der Waals surface area (Å²) in [5.74, 6) is -2.18. The summed E-state index contributed by atoms with van der Waals surface area (Å²) >= 11 is 0. The van der Waals surface area contributed by atoms with E-state index in [2.05, 4.69) is 20.2 Å². The van der Waals surface area contributed by atoms with Gasteiger partial charge in [-0.25, -0.2) is 8.78 Å². The van der Waals surface area contributed by atoms with Gasteiger partial charge in [0.25, 0.3) is 10.0 Å². The van der Waals surface area contributed by atoms with Gasteiger partial charge < -0.3 is 5.32 Å². The Bertz CT molecular complexity index is 731. The molecule has 6 nitrogen and oxygen atoms in total. The summed E-state index contributed by atoms with van der Waals surface area (Å²) in [5.41, 5.74) is 0.379. The molecule has 0 saturated carbocycles. The molecule has 0 atom stereocenters. The Hall–Kier alpha value is -2.00. The Labute approximate surface area is 120 Å². The van der Waals surface area contributed by atoms with Crippen LogP contribution in [0.5, 0.6) is 0 Å². The van der Waals surface area contributed by atoms with Crippen molar-refractivity contribution in [2.45, 2.75) is 18.5 Å². The molecular weight excluding hydrogens is 302 g/mol. The highest BCUT2D eigenvalue weighted by molar-refractivity contribution is 7.92. The maximum atomic E-state index is 13.1. The zero-order valence-corrected chi connectivity index (χ0v) is 12.0. The SMILES string of the molecule is CCNCc1cn[nH]c1S(=O)(=O)Nc1ccc(F)c(F)c1. The number of nitrogens with one attached hydrogen (secondary N) is 3. The van der Waals surface area contributed by atoms with Gasteiger partial charge in [-0.2, -0.15) is 13.5 Å². The molecular formula is C12H14F2N4O2S. The molecule has 0 radical (unpaired) electrons. The van der Waals surface area contributed by atoms with Crippen LogP contribution < -0.4 is 10.0 Å². The number of hydrogen-bond donors (Lipinski definition) is 3. The Kier molecular flexibility index (Phi) is 4.53. The number of halogens is 2. The van der Waals surface area contributed by atoms with Gasteiger partial charge in [0.15, 0.2) is 16.7 Å². The molecule has 0 aliphatic carbocycles. The van der Waals surface area contributed by atoms with Crippen molar-refractivity contribution in [3.8, 4) is 0 Å². The molecule has 1 aromatic heterocycles.